The number of fused-ring (bicyclic) bond motifs is 3. The minimum absolute atomic E-state index is 0. The molecule has 1 aliphatic carbocycles. The molecule has 0 saturated carbocycles. The highest BCUT2D eigenvalue weighted by Gasteiger charge is 2.24. The molecule has 0 spiro atoms. The first-order valence-corrected chi connectivity index (χ1v) is 9.02. The maximum Gasteiger partial charge on any atom is 0.0349 e. The second-order valence-corrected chi connectivity index (χ2v) is 6.84. The van der Waals surface area contributed by atoms with Crippen molar-refractivity contribution in [2.75, 3.05) is 26.2 Å². The van der Waals surface area contributed by atoms with Crippen LogP contribution in [0.4, 0.5) is 0 Å². The first kappa shape index (κ1) is 20.3. The van der Waals surface area contributed by atoms with Gasteiger partial charge < -0.3 is 5.32 Å². The average molecular weight is 379 g/mol. The van der Waals surface area contributed by atoms with Crippen molar-refractivity contribution in [2.45, 2.75) is 32.2 Å². The third-order valence-corrected chi connectivity index (χ3v) is 5.36. The van der Waals surface area contributed by atoms with Gasteiger partial charge in [0.05, 0.1) is 0 Å². The molecule has 0 amide bonds. The molecular weight excluding hydrogens is 351 g/mol. The highest BCUT2D eigenvalue weighted by atomic mass is 35.5. The highest BCUT2D eigenvalue weighted by Crippen LogP contribution is 2.38. The summed E-state index contributed by atoms with van der Waals surface area (Å²) in [6.45, 7) is 6.88. The fourth-order valence-corrected chi connectivity index (χ4v) is 4.20. The van der Waals surface area contributed by atoms with Crippen molar-refractivity contribution < 1.29 is 0 Å². The van der Waals surface area contributed by atoms with Gasteiger partial charge in [0.1, 0.15) is 0 Å². The number of benzene rings is 2. The first-order chi connectivity index (χ1) is 11.4. The Bertz CT molecular complexity index is 696. The Kier molecular flexibility index (Phi) is 7.33. The molecule has 2 aromatic carbocycles. The van der Waals surface area contributed by atoms with Crippen molar-refractivity contribution in [1.82, 2.24) is 10.2 Å². The molecule has 1 saturated heterocycles. The van der Waals surface area contributed by atoms with Crippen molar-refractivity contribution in [3.8, 4) is 11.1 Å². The second kappa shape index (κ2) is 9.05. The normalized spacial score (nSPS) is 17.0. The number of halogens is 2. The van der Waals surface area contributed by atoms with Gasteiger partial charge in [0, 0.05) is 32.2 Å². The topological polar surface area (TPSA) is 15.3 Å². The van der Waals surface area contributed by atoms with Crippen LogP contribution in [0.1, 0.15) is 42.5 Å². The van der Waals surface area contributed by atoms with Crippen LogP contribution in [-0.4, -0.2) is 31.1 Å². The molecule has 1 atom stereocenters. The molecule has 0 aromatic heterocycles. The lowest BCUT2D eigenvalue weighted by molar-refractivity contribution is 0.164. The Morgan fingerprint density at radius 2 is 1.68 bits per heavy atom. The van der Waals surface area contributed by atoms with Gasteiger partial charge in [-0.15, -0.1) is 24.8 Å². The quantitative estimate of drug-likeness (QED) is 0.697. The van der Waals surface area contributed by atoms with Gasteiger partial charge in [-0.2, -0.15) is 0 Å². The largest absolute Gasteiger partial charge is 0.314 e. The minimum Gasteiger partial charge on any atom is -0.314 e. The van der Waals surface area contributed by atoms with Gasteiger partial charge in [0.25, 0.3) is 0 Å². The zero-order valence-electron chi connectivity index (χ0n) is 14.8. The Hall–Kier alpha value is -1.06. The molecule has 4 rings (SSSR count). The number of rotatable bonds is 4. The molecule has 4 heteroatoms. The van der Waals surface area contributed by atoms with Crippen LogP contribution in [0, 0.1) is 0 Å². The van der Waals surface area contributed by atoms with Crippen LogP contribution in [0.25, 0.3) is 11.1 Å². The van der Waals surface area contributed by atoms with Gasteiger partial charge in [-0.1, -0.05) is 55.8 Å². The Morgan fingerprint density at radius 1 is 0.960 bits per heavy atom. The summed E-state index contributed by atoms with van der Waals surface area (Å²) >= 11 is 0. The van der Waals surface area contributed by atoms with Crippen LogP contribution in [0.15, 0.2) is 42.5 Å². The van der Waals surface area contributed by atoms with E-state index in [1.54, 1.807) is 0 Å². The summed E-state index contributed by atoms with van der Waals surface area (Å²) in [7, 11) is 0. The Labute approximate surface area is 163 Å². The van der Waals surface area contributed by atoms with Gasteiger partial charge in [0.2, 0.25) is 0 Å². The molecule has 136 valence electrons. The predicted molar refractivity (Wildman–Crippen MR) is 111 cm³/mol. The van der Waals surface area contributed by atoms with E-state index in [9.17, 15) is 0 Å². The fourth-order valence-electron chi connectivity index (χ4n) is 4.20. The van der Waals surface area contributed by atoms with Crippen molar-refractivity contribution in [3.63, 3.8) is 0 Å². The third-order valence-electron chi connectivity index (χ3n) is 5.36. The molecule has 25 heavy (non-hydrogen) atoms. The fraction of sp³-hybridized carbons (Fsp3) is 0.429. The van der Waals surface area contributed by atoms with Crippen LogP contribution < -0.4 is 5.32 Å². The summed E-state index contributed by atoms with van der Waals surface area (Å²) in [6, 6.07) is 16.7. The van der Waals surface area contributed by atoms with Crippen molar-refractivity contribution >= 4 is 24.8 Å². The lowest BCUT2D eigenvalue weighted by atomic mass is 9.95. The van der Waals surface area contributed by atoms with Gasteiger partial charge in [-0.05, 0) is 40.7 Å². The van der Waals surface area contributed by atoms with E-state index in [1.165, 1.54) is 53.7 Å². The minimum atomic E-state index is 0. The van der Waals surface area contributed by atoms with Crippen molar-refractivity contribution in [1.29, 1.82) is 0 Å². The maximum atomic E-state index is 3.48. The number of nitrogens with one attached hydrogen (secondary N) is 1. The highest BCUT2D eigenvalue weighted by molar-refractivity contribution is 5.85. The van der Waals surface area contributed by atoms with E-state index < -0.39 is 0 Å². The van der Waals surface area contributed by atoms with E-state index in [0.717, 1.165) is 19.5 Å². The van der Waals surface area contributed by atoms with Crippen LogP contribution in [0.5, 0.6) is 0 Å². The molecule has 2 aromatic rings. The predicted octanol–water partition coefficient (Wildman–Crippen LogP) is 4.85. The molecular formula is C21H28Cl2N2. The number of hydrogen-bond donors (Lipinski definition) is 1. The van der Waals surface area contributed by atoms with E-state index in [1.807, 2.05) is 0 Å². The molecule has 2 nitrogen and oxygen atoms in total. The standard InChI is InChI=1S/C21H26N2.2ClH/c1-2-5-21(23-12-10-22-11-13-23)17-8-9-20-18(15-17)14-16-6-3-4-7-19(16)20;;/h3-4,6-9,15,21-22H,2,5,10-14H2,1H3;2*1H/t21-;;/m1../s1. The molecule has 0 unspecified atom stereocenters. The summed E-state index contributed by atoms with van der Waals surface area (Å²) in [6.07, 6.45) is 3.59. The van der Waals surface area contributed by atoms with Gasteiger partial charge >= 0.3 is 0 Å². The van der Waals surface area contributed by atoms with E-state index >= 15 is 0 Å². The van der Waals surface area contributed by atoms with Crippen LogP contribution in [0.3, 0.4) is 0 Å². The average Bonchev–Trinajstić information content (AvgIpc) is 2.98. The third kappa shape index (κ3) is 4.03. The van der Waals surface area contributed by atoms with Gasteiger partial charge in [-0.25, -0.2) is 0 Å². The van der Waals surface area contributed by atoms with Crippen molar-refractivity contribution in [2.24, 2.45) is 0 Å². The molecule has 1 N–H and O–H groups in total. The molecule has 0 radical (unpaired) electrons. The van der Waals surface area contributed by atoms with E-state index in [2.05, 4.69) is 59.6 Å². The molecule has 1 aliphatic heterocycles. The summed E-state index contributed by atoms with van der Waals surface area (Å²) in [5, 5.41) is 3.48. The number of nitrogens with zero attached hydrogens (tertiary/aromatic N) is 1. The summed E-state index contributed by atoms with van der Waals surface area (Å²) in [5.74, 6) is 0. The monoisotopic (exact) mass is 378 g/mol. The smallest absolute Gasteiger partial charge is 0.0349 e. The number of piperazine rings is 1. The van der Waals surface area contributed by atoms with Crippen LogP contribution in [0.2, 0.25) is 0 Å². The molecule has 1 heterocycles. The van der Waals surface area contributed by atoms with E-state index in [4.69, 9.17) is 0 Å². The van der Waals surface area contributed by atoms with Gasteiger partial charge in [0.15, 0.2) is 0 Å². The van der Waals surface area contributed by atoms with E-state index in [-0.39, 0.29) is 24.8 Å². The zero-order valence-corrected chi connectivity index (χ0v) is 16.5. The zero-order chi connectivity index (χ0) is 15.6. The summed E-state index contributed by atoms with van der Waals surface area (Å²) in [5.41, 5.74) is 7.39. The van der Waals surface area contributed by atoms with Gasteiger partial charge in [-0.3, -0.25) is 4.90 Å². The lowest BCUT2D eigenvalue weighted by Crippen LogP contribution is -2.45. The summed E-state index contributed by atoms with van der Waals surface area (Å²) < 4.78 is 0. The Morgan fingerprint density at radius 3 is 2.44 bits per heavy atom. The van der Waals surface area contributed by atoms with Crippen molar-refractivity contribution in [3.05, 3.63) is 59.2 Å². The van der Waals surface area contributed by atoms with Crippen LogP contribution in [-0.2, 0) is 6.42 Å². The second-order valence-electron chi connectivity index (χ2n) is 6.84. The van der Waals surface area contributed by atoms with E-state index in [0.29, 0.717) is 6.04 Å². The Balaban J connectivity index is 0.00000113. The molecule has 0 bridgehead atoms. The SMILES string of the molecule is CCC[C@H](c1ccc2c(c1)Cc1ccccc1-2)N1CCNCC1.Cl.Cl. The first-order valence-electron chi connectivity index (χ1n) is 9.02. The number of hydrogen-bond acceptors (Lipinski definition) is 2. The lowest BCUT2D eigenvalue weighted by Gasteiger charge is -2.35. The summed E-state index contributed by atoms with van der Waals surface area (Å²) in [4.78, 5) is 2.67. The molecule has 1 fully saturated rings. The molecule has 2 aliphatic rings. The van der Waals surface area contributed by atoms with Crippen LogP contribution >= 0.6 is 24.8 Å². The maximum absolute atomic E-state index is 3.48.